The van der Waals surface area contributed by atoms with Gasteiger partial charge in [-0.15, -0.1) is 0 Å². The molecule has 1 amide bonds. The Kier molecular flexibility index (Phi) is 7.41. The molecular weight excluding hydrogens is 514 g/mol. The Labute approximate surface area is 223 Å². The minimum Gasteiger partial charge on any atom is -0.350 e. The maximum absolute atomic E-state index is 12.5. The molecular formula is C26H24ClN5O2S2. The van der Waals surface area contributed by atoms with Crippen molar-refractivity contribution >= 4 is 57.5 Å². The number of amides is 1. The number of nitrogens with one attached hydrogen (secondary N) is 4. The lowest BCUT2D eigenvalue weighted by atomic mass is 9.95. The molecule has 3 aromatic rings. The van der Waals surface area contributed by atoms with E-state index in [9.17, 15) is 9.59 Å². The van der Waals surface area contributed by atoms with E-state index >= 15 is 0 Å². The fourth-order valence-corrected chi connectivity index (χ4v) is 5.80. The molecule has 5 rings (SSSR count). The van der Waals surface area contributed by atoms with Gasteiger partial charge in [-0.3, -0.25) is 20.4 Å². The molecule has 36 heavy (non-hydrogen) atoms. The Hall–Kier alpha value is -3.14. The van der Waals surface area contributed by atoms with Crippen molar-refractivity contribution in [3.63, 3.8) is 0 Å². The van der Waals surface area contributed by atoms with Gasteiger partial charge in [-0.1, -0.05) is 71.9 Å². The number of halogens is 1. The molecule has 1 saturated heterocycles. The first-order chi connectivity index (χ1) is 17.5. The Balaban J connectivity index is 1.25. The molecule has 7 nitrogen and oxygen atoms in total. The minimum absolute atomic E-state index is 0.0233. The third kappa shape index (κ3) is 5.33. The molecule has 4 N–H and O–H groups in total. The van der Waals surface area contributed by atoms with E-state index in [1.54, 1.807) is 0 Å². The van der Waals surface area contributed by atoms with Crippen molar-refractivity contribution < 1.29 is 9.59 Å². The van der Waals surface area contributed by atoms with Gasteiger partial charge in [-0.2, -0.15) is 0 Å². The van der Waals surface area contributed by atoms with Gasteiger partial charge in [0, 0.05) is 11.9 Å². The lowest BCUT2D eigenvalue weighted by molar-refractivity contribution is -0.112. The van der Waals surface area contributed by atoms with Gasteiger partial charge in [0.1, 0.15) is 0 Å². The van der Waals surface area contributed by atoms with E-state index in [1.807, 2.05) is 12.1 Å². The van der Waals surface area contributed by atoms with Gasteiger partial charge in [0.05, 0.1) is 22.7 Å². The second-order valence-electron chi connectivity index (χ2n) is 8.59. The van der Waals surface area contributed by atoms with Crippen LogP contribution in [0.15, 0.2) is 60.8 Å². The Morgan fingerprint density at radius 2 is 1.69 bits per heavy atom. The average Bonchev–Trinajstić information content (AvgIpc) is 3.22. The average molecular weight is 538 g/mol. The van der Waals surface area contributed by atoms with Crippen molar-refractivity contribution in [1.82, 2.24) is 21.0 Å². The first kappa shape index (κ1) is 24.5. The topological polar surface area (TPSA) is 95.2 Å². The quantitative estimate of drug-likeness (QED) is 0.284. The largest absolute Gasteiger partial charge is 0.350 e. The van der Waals surface area contributed by atoms with Gasteiger partial charge in [0.2, 0.25) is 5.12 Å². The molecule has 2 heterocycles. The number of aromatic nitrogens is 1. The third-order valence-electron chi connectivity index (χ3n) is 6.31. The van der Waals surface area contributed by atoms with E-state index in [-0.39, 0.29) is 27.7 Å². The summed E-state index contributed by atoms with van der Waals surface area (Å²) in [5, 5.41) is 6.76. The zero-order chi connectivity index (χ0) is 25.1. The molecule has 2 aliphatic rings. The van der Waals surface area contributed by atoms with Gasteiger partial charge in [-0.25, -0.2) is 4.98 Å². The molecule has 1 aliphatic carbocycles. The Bertz CT molecular complexity index is 1290. The Morgan fingerprint density at radius 1 is 1.03 bits per heavy atom. The Morgan fingerprint density at radius 3 is 2.31 bits per heavy atom. The molecule has 0 saturated carbocycles. The zero-order valence-corrected chi connectivity index (χ0v) is 21.6. The molecule has 0 unspecified atom stereocenters. The molecule has 1 atom stereocenters. The molecule has 10 heteroatoms. The second kappa shape index (κ2) is 10.9. The summed E-state index contributed by atoms with van der Waals surface area (Å²) in [6.45, 7) is 0. The molecule has 0 radical (unpaired) electrons. The molecule has 2 aromatic carbocycles. The highest BCUT2D eigenvalue weighted by Crippen LogP contribution is 2.32. The van der Waals surface area contributed by atoms with Gasteiger partial charge >= 0.3 is 0 Å². The summed E-state index contributed by atoms with van der Waals surface area (Å²) in [6.07, 6.45) is 3.97. The van der Waals surface area contributed by atoms with Crippen LogP contribution in [0.2, 0.25) is 5.02 Å². The summed E-state index contributed by atoms with van der Waals surface area (Å²) in [5.41, 5.74) is 11.1. The molecule has 1 aromatic heterocycles. The normalized spacial score (nSPS) is 16.9. The minimum atomic E-state index is -0.469. The summed E-state index contributed by atoms with van der Waals surface area (Å²) < 4.78 is 0. The highest BCUT2D eigenvalue weighted by Gasteiger charge is 2.27. The van der Waals surface area contributed by atoms with E-state index < -0.39 is 6.04 Å². The maximum atomic E-state index is 12.5. The summed E-state index contributed by atoms with van der Waals surface area (Å²) in [7, 11) is 0. The van der Waals surface area contributed by atoms with Crippen LogP contribution in [0.25, 0.3) is 0 Å². The molecule has 1 fully saturated rings. The zero-order valence-electron chi connectivity index (χ0n) is 19.2. The summed E-state index contributed by atoms with van der Waals surface area (Å²) in [4.78, 5) is 28.5. The van der Waals surface area contributed by atoms with E-state index in [0.717, 1.165) is 12.8 Å². The number of hydrogen-bond donors (Lipinski definition) is 4. The van der Waals surface area contributed by atoms with Crippen LogP contribution >= 0.6 is 35.6 Å². The van der Waals surface area contributed by atoms with E-state index in [0.29, 0.717) is 23.1 Å². The predicted molar refractivity (Wildman–Crippen MR) is 147 cm³/mol. The van der Waals surface area contributed by atoms with Crippen molar-refractivity contribution in [3.8, 4) is 0 Å². The first-order valence-corrected chi connectivity index (χ1v) is 13.4. The summed E-state index contributed by atoms with van der Waals surface area (Å²) in [6, 6.07) is 17.7. The molecule has 0 spiro atoms. The van der Waals surface area contributed by atoms with Gasteiger partial charge in [0.25, 0.3) is 5.91 Å². The first-order valence-electron chi connectivity index (χ1n) is 11.6. The third-order valence-corrected chi connectivity index (χ3v) is 7.83. The lowest BCUT2D eigenvalue weighted by Gasteiger charge is -2.24. The number of rotatable bonds is 5. The fourth-order valence-electron chi connectivity index (χ4n) is 4.49. The van der Waals surface area contributed by atoms with Crippen molar-refractivity contribution in [2.75, 3.05) is 11.2 Å². The number of benzene rings is 2. The number of thioether (sulfide) groups is 1. The number of carbonyl (C=O) groups excluding carboxylic acids is 2. The van der Waals surface area contributed by atoms with Crippen LogP contribution in [-0.4, -0.2) is 32.9 Å². The SMILES string of the molecule is O=C(N[C@H]1CCSC1=O)c1cnc(NNC(=S)NC2c3ccccc3CCc3ccccc32)c(Cl)c1. The van der Waals surface area contributed by atoms with Crippen LogP contribution in [0.3, 0.4) is 0 Å². The highest BCUT2D eigenvalue weighted by atomic mass is 35.5. The van der Waals surface area contributed by atoms with Crippen LogP contribution in [0.1, 0.15) is 45.1 Å². The summed E-state index contributed by atoms with van der Waals surface area (Å²) in [5.74, 6) is 0.655. The number of pyridine rings is 1. The number of nitrogens with zero attached hydrogens (tertiary/aromatic N) is 1. The number of carbonyl (C=O) groups is 2. The van der Waals surface area contributed by atoms with Crippen molar-refractivity contribution in [2.45, 2.75) is 31.3 Å². The summed E-state index contributed by atoms with van der Waals surface area (Å²) >= 11 is 13.2. The number of thiocarbonyl (C=S) groups is 1. The molecule has 0 bridgehead atoms. The van der Waals surface area contributed by atoms with Gasteiger partial charge in [0.15, 0.2) is 10.9 Å². The van der Waals surface area contributed by atoms with Crippen LogP contribution in [0, 0.1) is 0 Å². The van der Waals surface area contributed by atoms with Gasteiger partial charge in [-0.05, 0) is 59.8 Å². The number of fused-ring (bicyclic) bond motifs is 2. The van der Waals surface area contributed by atoms with Crippen molar-refractivity contribution in [2.24, 2.45) is 0 Å². The van der Waals surface area contributed by atoms with E-state index in [1.165, 1.54) is 46.3 Å². The fraction of sp³-hybridized carbons (Fsp3) is 0.231. The number of aryl methyl sites for hydroxylation is 2. The van der Waals surface area contributed by atoms with E-state index in [4.69, 9.17) is 23.8 Å². The molecule has 184 valence electrons. The van der Waals surface area contributed by atoms with Crippen LogP contribution in [0.4, 0.5) is 5.82 Å². The standard InChI is InChI=1S/C26H24ClN5O2S2/c27-20-13-17(24(33)29-21-11-12-36-25(21)34)14-28-23(20)31-32-26(35)30-22-18-7-3-1-5-15(18)9-10-16-6-2-4-8-19(16)22/h1-8,13-14,21-22H,9-12H2,(H,28,31)(H,29,33)(H2,30,32,35)/t21-/m0/s1. The van der Waals surface area contributed by atoms with Gasteiger partial charge < -0.3 is 10.6 Å². The number of hydrazine groups is 1. The monoisotopic (exact) mass is 537 g/mol. The molecule has 1 aliphatic heterocycles. The predicted octanol–water partition coefficient (Wildman–Crippen LogP) is 4.18. The van der Waals surface area contributed by atoms with Crippen molar-refractivity contribution in [3.05, 3.63) is 93.6 Å². The van der Waals surface area contributed by atoms with Crippen LogP contribution in [0.5, 0.6) is 0 Å². The highest BCUT2D eigenvalue weighted by molar-refractivity contribution is 8.14. The lowest BCUT2D eigenvalue weighted by Crippen LogP contribution is -2.41. The number of anilines is 1. The van der Waals surface area contributed by atoms with Crippen LogP contribution in [-0.2, 0) is 17.6 Å². The number of hydrogen-bond acceptors (Lipinski definition) is 6. The second-order valence-corrected chi connectivity index (χ2v) is 10.5. The van der Waals surface area contributed by atoms with Crippen LogP contribution < -0.4 is 21.5 Å². The smallest absolute Gasteiger partial charge is 0.253 e. The van der Waals surface area contributed by atoms with Crippen molar-refractivity contribution in [1.29, 1.82) is 0 Å². The maximum Gasteiger partial charge on any atom is 0.253 e. The van der Waals surface area contributed by atoms with E-state index in [2.05, 4.69) is 62.9 Å².